The molecular weight excluding hydrogens is 374 g/mol. The van der Waals surface area contributed by atoms with Crippen molar-refractivity contribution in [1.29, 1.82) is 0 Å². The van der Waals surface area contributed by atoms with Crippen molar-refractivity contribution in [3.63, 3.8) is 0 Å². The molecule has 0 aromatic heterocycles. The second-order valence-electron chi connectivity index (χ2n) is 7.67. The predicted molar refractivity (Wildman–Crippen MR) is 121 cm³/mol. The number of carbonyl (C=O) groups excluding carboxylic acids is 2. The second kappa shape index (κ2) is 10.6. The number of amides is 2. The number of nitrogens with zero attached hydrogens (tertiary/aromatic N) is 2. The summed E-state index contributed by atoms with van der Waals surface area (Å²) in [6.45, 7) is 2.34. The van der Waals surface area contributed by atoms with Crippen molar-refractivity contribution in [2.24, 2.45) is 0 Å². The van der Waals surface area contributed by atoms with E-state index in [1.165, 1.54) is 0 Å². The van der Waals surface area contributed by atoms with Crippen molar-refractivity contribution in [3.05, 3.63) is 83.9 Å². The molecule has 3 rings (SSSR count). The van der Waals surface area contributed by atoms with Crippen LogP contribution in [0.1, 0.15) is 22.3 Å². The largest absolute Gasteiger partial charge is 0.352 e. The van der Waals surface area contributed by atoms with Crippen molar-refractivity contribution >= 4 is 22.6 Å². The van der Waals surface area contributed by atoms with Gasteiger partial charge in [0.05, 0.1) is 0 Å². The van der Waals surface area contributed by atoms with Crippen molar-refractivity contribution in [1.82, 2.24) is 15.1 Å². The maximum atomic E-state index is 12.8. The van der Waals surface area contributed by atoms with E-state index in [0.29, 0.717) is 25.2 Å². The van der Waals surface area contributed by atoms with Crippen LogP contribution in [0.5, 0.6) is 0 Å². The highest BCUT2D eigenvalue weighted by atomic mass is 16.2. The van der Waals surface area contributed by atoms with Crippen LogP contribution < -0.4 is 5.32 Å². The van der Waals surface area contributed by atoms with Gasteiger partial charge in [-0.25, -0.2) is 0 Å². The Bertz CT molecular complexity index is 986. The number of hydrogen-bond acceptors (Lipinski definition) is 3. The second-order valence-corrected chi connectivity index (χ2v) is 7.67. The van der Waals surface area contributed by atoms with Gasteiger partial charge < -0.3 is 15.1 Å². The van der Waals surface area contributed by atoms with Crippen molar-refractivity contribution in [2.75, 3.05) is 33.7 Å². The van der Waals surface area contributed by atoms with Gasteiger partial charge in [-0.05, 0) is 42.6 Å². The number of benzene rings is 3. The summed E-state index contributed by atoms with van der Waals surface area (Å²) in [5.74, 6) is -0.115. The van der Waals surface area contributed by atoms with E-state index in [0.717, 1.165) is 22.9 Å². The molecule has 0 heterocycles. The average molecular weight is 404 g/mol. The van der Waals surface area contributed by atoms with Crippen LogP contribution in [0, 0.1) is 0 Å². The van der Waals surface area contributed by atoms with Crippen LogP contribution in [0.3, 0.4) is 0 Å². The molecule has 3 aromatic carbocycles. The highest BCUT2D eigenvalue weighted by molar-refractivity contribution is 5.98. The van der Waals surface area contributed by atoms with E-state index in [2.05, 4.69) is 10.2 Å². The smallest absolute Gasteiger partial charge is 0.251 e. The van der Waals surface area contributed by atoms with Gasteiger partial charge in [0.15, 0.2) is 0 Å². The Morgan fingerprint density at radius 3 is 2.27 bits per heavy atom. The molecule has 0 saturated carbocycles. The fourth-order valence-electron chi connectivity index (χ4n) is 3.29. The first-order chi connectivity index (χ1) is 14.5. The lowest BCUT2D eigenvalue weighted by molar-refractivity contribution is -0.131. The Morgan fingerprint density at radius 1 is 0.833 bits per heavy atom. The molecule has 0 unspecified atom stereocenters. The summed E-state index contributed by atoms with van der Waals surface area (Å²) in [4.78, 5) is 29.2. The van der Waals surface area contributed by atoms with Gasteiger partial charge in [0.2, 0.25) is 5.91 Å². The number of likely N-dealkylation sites (N-methyl/N-ethyl adjacent to an activating group) is 1. The van der Waals surface area contributed by atoms with Gasteiger partial charge in [-0.3, -0.25) is 9.59 Å². The van der Waals surface area contributed by atoms with E-state index in [9.17, 15) is 9.59 Å². The molecule has 0 radical (unpaired) electrons. The normalized spacial score (nSPS) is 10.9. The third kappa shape index (κ3) is 6.16. The molecule has 0 saturated heterocycles. The first-order valence-corrected chi connectivity index (χ1v) is 10.3. The lowest BCUT2D eigenvalue weighted by Crippen LogP contribution is -2.38. The minimum Gasteiger partial charge on any atom is -0.352 e. The Kier molecular flexibility index (Phi) is 7.57. The fraction of sp³-hybridized carbons (Fsp3) is 0.280. The number of fused-ring (bicyclic) bond motifs is 1. The minimum absolute atomic E-state index is 0.0412. The van der Waals surface area contributed by atoms with Crippen LogP contribution in [-0.2, 0) is 11.3 Å². The van der Waals surface area contributed by atoms with E-state index in [1.54, 1.807) is 0 Å². The summed E-state index contributed by atoms with van der Waals surface area (Å²) in [5.41, 5.74) is 1.71. The Labute approximate surface area is 178 Å². The van der Waals surface area contributed by atoms with Gasteiger partial charge in [0.1, 0.15) is 0 Å². The Morgan fingerprint density at radius 2 is 1.53 bits per heavy atom. The molecule has 0 aliphatic rings. The van der Waals surface area contributed by atoms with E-state index in [-0.39, 0.29) is 18.2 Å². The topological polar surface area (TPSA) is 52.6 Å². The highest BCUT2D eigenvalue weighted by Crippen LogP contribution is 2.15. The van der Waals surface area contributed by atoms with E-state index in [4.69, 9.17) is 0 Å². The van der Waals surface area contributed by atoms with E-state index >= 15 is 0 Å². The third-order valence-corrected chi connectivity index (χ3v) is 5.02. The number of nitrogens with one attached hydrogen (secondary N) is 1. The maximum absolute atomic E-state index is 12.8. The van der Waals surface area contributed by atoms with Gasteiger partial charge >= 0.3 is 0 Å². The predicted octanol–water partition coefficient (Wildman–Crippen LogP) is 3.55. The molecule has 2 amide bonds. The summed E-state index contributed by atoms with van der Waals surface area (Å²) in [6, 6.07) is 23.6. The summed E-state index contributed by atoms with van der Waals surface area (Å²) < 4.78 is 0. The van der Waals surface area contributed by atoms with E-state index in [1.807, 2.05) is 91.8 Å². The summed E-state index contributed by atoms with van der Waals surface area (Å²) >= 11 is 0. The molecule has 1 N–H and O–H groups in total. The maximum Gasteiger partial charge on any atom is 0.251 e. The van der Waals surface area contributed by atoms with Crippen LogP contribution in [0.4, 0.5) is 0 Å². The van der Waals surface area contributed by atoms with Crippen molar-refractivity contribution < 1.29 is 9.59 Å². The molecule has 156 valence electrons. The molecule has 0 bridgehead atoms. The summed E-state index contributed by atoms with van der Waals surface area (Å²) in [7, 11) is 3.99. The Balaban J connectivity index is 1.56. The quantitative estimate of drug-likeness (QED) is 0.594. The van der Waals surface area contributed by atoms with Gasteiger partial charge in [0.25, 0.3) is 5.91 Å². The van der Waals surface area contributed by atoms with Crippen LogP contribution in [0.25, 0.3) is 10.8 Å². The van der Waals surface area contributed by atoms with Crippen LogP contribution in [0.15, 0.2) is 72.8 Å². The molecule has 0 spiro atoms. The number of rotatable bonds is 9. The minimum atomic E-state index is -0.156. The molecule has 30 heavy (non-hydrogen) atoms. The molecule has 3 aromatic rings. The molecule has 5 heteroatoms. The summed E-state index contributed by atoms with van der Waals surface area (Å²) in [6.07, 6.45) is 0.277. The van der Waals surface area contributed by atoms with Crippen molar-refractivity contribution in [2.45, 2.75) is 13.0 Å². The Hall–Kier alpha value is -3.18. The fourth-order valence-corrected chi connectivity index (χ4v) is 3.29. The van der Waals surface area contributed by atoms with Crippen LogP contribution in [-0.4, -0.2) is 55.3 Å². The monoisotopic (exact) mass is 403 g/mol. The lowest BCUT2D eigenvalue weighted by atomic mass is 10.1. The third-order valence-electron chi connectivity index (χ3n) is 5.02. The zero-order chi connectivity index (χ0) is 21.3. The zero-order valence-corrected chi connectivity index (χ0v) is 17.7. The van der Waals surface area contributed by atoms with Gasteiger partial charge in [-0.1, -0.05) is 60.7 Å². The molecule has 0 atom stereocenters. The van der Waals surface area contributed by atoms with Gasteiger partial charge in [-0.2, -0.15) is 0 Å². The molecule has 0 fully saturated rings. The number of carbonyl (C=O) groups is 2. The van der Waals surface area contributed by atoms with Crippen molar-refractivity contribution in [3.8, 4) is 0 Å². The standard InChI is InChI=1S/C25H29N3O2/c1-27(2)16-17-28(19-20-8-4-3-5-9-20)24(29)14-15-26-25(30)23-13-12-21-10-6-7-11-22(21)18-23/h3-13,18H,14-17,19H2,1-2H3,(H,26,30). The molecule has 0 aliphatic heterocycles. The van der Waals surface area contributed by atoms with E-state index < -0.39 is 0 Å². The average Bonchev–Trinajstić information content (AvgIpc) is 2.76. The van der Waals surface area contributed by atoms with Crippen LogP contribution >= 0.6 is 0 Å². The molecule has 0 aliphatic carbocycles. The SMILES string of the molecule is CN(C)CCN(Cc1ccccc1)C(=O)CCNC(=O)c1ccc2ccccc2c1. The van der Waals surface area contributed by atoms with Gasteiger partial charge in [-0.15, -0.1) is 0 Å². The molecular formula is C25H29N3O2. The van der Waals surface area contributed by atoms with Gasteiger partial charge in [0, 0.05) is 38.2 Å². The first-order valence-electron chi connectivity index (χ1n) is 10.3. The van der Waals surface area contributed by atoms with Crippen LogP contribution in [0.2, 0.25) is 0 Å². The molecule has 5 nitrogen and oxygen atoms in total. The first kappa shape index (κ1) is 21.5. The zero-order valence-electron chi connectivity index (χ0n) is 17.7. The number of hydrogen-bond donors (Lipinski definition) is 1. The summed E-state index contributed by atoms with van der Waals surface area (Å²) in [5, 5.41) is 5.01. The highest BCUT2D eigenvalue weighted by Gasteiger charge is 2.15. The lowest BCUT2D eigenvalue weighted by Gasteiger charge is -2.25.